The van der Waals surface area contributed by atoms with Crippen LogP contribution in [0.15, 0.2) is 42.7 Å². The monoisotopic (exact) mass is 174 g/mol. The van der Waals surface area contributed by atoms with Gasteiger partial charge in [-0.05, 0) is 18.4 Å². The third-order valence-corrected chi connectivity index (χ3v) is 2.40. The highest BCUT2D eigenvalue weighted by Crippen LogP contribution is 2.31. The van der Waals surface area contributed by atoms with Crippen molar-refractivity contribution in [2.75, 3.05) is 0 Å². The van der Waals surface area contributed by atoms with Crippen LogP contribution >= 0.6 is 0 Å². The van der Waals surface area contributed by atoms with Crippen LogP contribution in [-0.4, -0.2) is 0 Å². The summed E-state index contributed by atoms with van der Waals surface area (Å²) in [6.07, 6.45) is 3.56. The summed E-state index contributed by atoms with van der Waals surface area (Å²) in [6, 6.07) is 10.4. The lowest BCUT2D eigenvalue weighted by molar-refractivity contribution is 0.0744. The van der Waals surface area contributed by atoms with Crippen molar-refractivity contribution in [1.29, 1.82) is 0 Å². The van der Waals surface area contributed by atoms with Crippen molar-refractivity contribution < 1.29 is 4.74 Å². The first kappa shape index (κ1) is 8.36. The fourth-order valence-corrected chi connectivity index (χ4v) is 1.71. The van der Waals surface area contributed by atoms with Gasteiger partial charge in [0.05, 0.1) is 5.76 Å². The second-order valence-corrected chi connectivity index (χ2v) is 3.45. The van der Waals surface area contributed by atoms with Crippen LogP contribution in [0.3, 0.4) is 0 Å². The van der Waals surface area contributed by atoms with E-state index in [0.717, 1.165) is 18.6 Å². The predicted octanol–water partition coefficient (Wildman–Crippen LogP) is 3.44. The van der Waals surface area contributed by atoms with Gasteiger partial charge in [-0.25, -0.2) is 0 Å². The Kier molecular flexibility index (Phi) is 2.35. The number of hydrogen-bond donors (Lipinski definition) is 0. The zero-order valence-electron chi connectivity index (χ0n) is 7.70. The molecule has 1 unspecified atom stereocenters. The number of ether oxygens (including phenoxy) is 1. The van der Waals surface area contributed by atoms with Crippen molar-refractivity contribution in [3.05, 3.63) is 48.2 Å². The van der Waals surface area contributed by atoms with E-state index < -0.39 is 0 Å². The van der Waals surface area contributed by atoms with Gasteiger partial charge >= 0.3 is 0 Å². The molecule has 1 aliphatic heterocycles. The Hall–Kier alpha value is -1.24. The molecule has 0 aromatic heterocycles. The highest BCUT2D eigenvalue weighted by molar-refractivity contribution is 5.18. The molecule has 1 aromatic carbocycles. The quantitative estimate of drug-likeness (QED) is 0.633. The molecule has 68 valence electrons. The molecule has 13 heavy (non-hydrogen) atoms. The topological polar surface area (TPSA) is 9.23 Å². The molecule has 2 rings (SSSR count). The fraction of sp³-hybridized carbons (Fsp3) is 0.333. The third-order valence-electron chi connectivity index (χ3n) is 2.40. The van der Waals surface area contributed by atoms with Gasteiger partial charge in [-0.15, -0.1) is 0 Å². The minimum atomic E-state index is 0.238. The molecule has 1 aromatic rings. The summed E-state index contributed by atoms with van der Waals surface area (Å²) in [6.45, 7) is 3.87. The van der Waals surface area contributed by atoms with Gasteiger partial charge in [-0.1, -0.05) is 36.9 Å². The summed E-state index contributed by atoms with van der Waals surface area (Å²) in [7, 11) is 0. The first-order valence-electron chi connectivity index (χ1n) is 4.75. The smallest absolute Gasteiger partial charge is 0.123 e. The summed E-state index contributed by atoms with van der Waals surface area (Å²) >= 11 is 0. The minimum Gasteiger partial charge on any atom is -0.491 e. The van der Waals surface area contributed by atoms with Crippen LogP contribution in [0.4, 0.5) is 0 Å². The zero-order valence-corrected chi connectivity index (χ0v) is 7.70. The normalized spacial score (nSPS) is 22.5. The Balaban J connectivity index is 2.13. The summed E-state index contributed by atoms with van der Waals surface area (Å²) < 4.78 is 5.68. The predicted molar refractivity (Wildman–Crippen MR) is 53.3 cm³/mol. The Bertz CT molecular complexity index is 289. The zero-order chi connectivity index (χ0) is 9.10. The van der Waals surface area contributed by atoms with Gasteiger partial charge in [-0.3, -0.25) is 0 Å². The SMILES string of the molecule is C=C1CCCC(c2ccccc2)O1. The van der Waals surface area contributed by atoms with Gasteiger partial charge in [0.2, 0.25) is 0 Å². The largest absolute Gasteiger partial charge is 0.491 e. The third kappa shape index (κ3) is 1.92. The first-order valence-corrected chi connectivity index (χ1v) is 4.75. The Morgan fingerprint density at radius 1 is 1.23 bits per heavy atom. The van der Waals surface area contributed by atoms with Gasteiger partial charge in [-0.2, -0.15) is 0 Å². The van der Waals surface area contributed by atoms with E-state index in [2.05, 4.69) is 30.8 Å². The Labute approximate surface area is 79.0 Å². The van der Waals surface area contributed by atoms with Crippen LogP contribution in [0.5, 0.6) is 0 Å². The minimum absolute atomic E-state index is 0.238. The van der Waals surface area contributed by atoms with Crippen LogP contribution in [0, 0.1) is 0 Å². The maximum absolute atomic E-state index is 5.68. The summed E-state index contributed by atoms with van der Waals surface area (Å²) in [5, 5.41) is 0. The molecule has 1 atom stereocenters. The van der Waals surface area contributed by atoms with Crippen molar-refractivity contribution in [1.82, 2.24) is 0 Å². The lowest BCUT2D eigenvalue weighted by Crippen LogP contribution is -2.09. The van der Waals surface area contributed by atoms with Gasteiger partial charge in [0.1, 0.15) is 6.10 Å². The van der Waals surface area contributed by atoms with E-state index >= 15 is 0 Å². The van der Waals surface area contributed by atoms with E-state index in [1.807, 2.05) is 6.07 Å². The number of allylic oxidation sites excluding steroid dienone is 1. The molecular weight excluding hydrogens is 160 g/mol. The molecule has 1 heterocycles. The summed E-state index contributed by atoms with van der Waals surface area (Å²) in [5.74, 6) is 0.931. The average Bonchev–Trinajstić information content (AvgIpc) is 2.19. The molecule has 1 fully saturated rings. The Morgan fingerprint density at radius 2 is 2.00 bits per heavy atom. The average molecular weight is 174 g/mol. The number of benzene rings is 1. The van der Waals surface area contributed by atoms with Crippen LogP contribution in [0.2, 0.25) is 0 Å². The molecule has 0 N–H and O–H groups in total. The molecule has 0 radical (unpaired) electrons. The van der Waals surface area contributed by atoms with Gasteiger partial charge in [0.25, 0.3) is 0 Å². The lowest BCUT2D eigenvalue weighted by Gasteiger charge is -2.25. The Morgan fingerprint density at radius 3 is 2.69 bits per heavy atom. The molecule has 0 bridgehead atoms. The van der Waals surface area contributed by atoms with Crippen LogP contribution in [0.1, 0.15) is 30.9 Å². The van der Waals surface area contributed by atoms with Crippen LogP contribution in [0.25, 0.3) is 0 Å². The molecule has 1 heteroatoms. The van der Waals surface area contributed by atoms with E-state index in [0.29, 0.717) is 0 Å². The molecule has 1 aliphatic rings. The maximum atomic E-state index is 5.68. The van der Waals surface area contributed by atoms with Gasteiger partial charge in [0.15, 0.2) is 0 Å². The molecule has 1 saturated heterocycles. The molecule has 0 aliphatic carbocycles. The van der Waals surface area contributed by atoms with Crippen molar-refractivity contribution in [3.63, 3.8) is 0 Å². The molecule has 0 amide bonds. The molecule has 0 saturated carbocycles. The summed E-state index contributed by atoms with van der Waals surface area (Å²) in [4.78, 5) is 0. The number of hydrogen-bond acceptors (Lipinski definition) is 1. The fourth-order valence-electron chi connectivity index (χ4n) is 1.71. The van der Waals surface area contributed by atoms with Crippen molar-refractivity contribution in [2.45, 2.75) is 25.4 Å². The van der Waals surface area contributed by atoms with E-state index in [1.165, 1.54) is 12.0 Å². The van der Waals surface area contributed by atoms with E-state index in [4.69, 9.17) is 4.74 Å². The highest BCUT2D eigenvalue weighted by Gasteiger charge is 2.17. The molecule has 0 spiro atoms. The number of rotatable bonds is 1. The molecule has 1 nitrogen and oxygen atoms in total. The maximum Gasteiger partial charge on any atom is 0.123 e. The van der Waals surface area contributed by atoms with E-state index in [1.54, 1.807) is 0 Å². The van der Waals surface area contributed by atoms with Crippen molar-refractivity contribution in [3.8, 4) is 0 Å². The van der Waals surface area contributed by atoms with Crippen molar-refractivity contribution >= 4 is 0 Å². The second-order valence-electron chi connectivity index (χ2n) is 3.45. The summed E-state index contributed by atoms with van der Waals surface area (Å²) in [5.41, 5.74) is 1.27. The van der Waals surface area contributed by atoms with Gasteiger partial charge in [0, 0.05) is 6.42 Å². The van der Waals surface area contributed by atoms with Gasteiger partial charge < -0.3 is 4.74 Å². The second kappa shape index (κ2) is 3.65. The van der Waals surface area contributed by atoms with E-state index in [9.17, 15) is 0 Å². The van der Waals surface area contributed by atoms with Crippen molar-refractivity contribution in [2.24, 2.45) is 0 Å². The van der Waals surface area contributed by atoms with Crippen LogP contribution < -0.4 is 0 Å². The standard InChI is InChI=1S/C12H14O/c1-10-6-5-9-12(13-10)11-7-3-2-4-8-11/h2-4,7-8,12H,1,5-6,9H2. The highest BCUT2D eigenvalue weighted by atomic mass is 16.5. The first-order chi connectivity index (χ1) is 6.36. The van der Waals surface area contributed by atoms with E-state index in [-0.39, 0.29) is 6.10 Å². The molecular formula is C12H14O. The van der Waals surface area contributed by atoms with Crippen LogP contribution in [-0.2, 0) is 4.74 Å². The lowest BCUT2D eigenvalue weighted by atomic mass is 10.0.